The molecule has 1 heterocycles. The van der Waals surface area contributed by atoms with Crippen molar-refractivity contribution >= 4 is 11.6 Å². The number of benzene rings is 1. The molecule has 3 rings (SSSR count). The second kappa shape index (κ2) is 6.64. The minimum Gasteiger partial charge on any atom is -0.391 e. The zero-order chi connectivity index (χ0) is 18.1. The van der Waals surface area contributed by atoms with Crippen LogP contribution in [0.15, 0.2) is 30.5 Å². The number of nitro benzene ring substituents is 1. The highest BCUT2D eigenvalue weighted by Gasteiger charge is 2.32. The smallest absolute Gasteiger partial charge is 0.269 e. The van der Waals surface area contributed by atoms with Gasteiger partial charge in [0.1, 0.15) is 5.69 Å². The Labute approximate surface area is 144 Å². The summed E-state index contributed by atoms with van der Waals surface area (Å²) in [7, 11) is 3.37. The van der Waals surface area contributed by atoms with Crippen LogP contribution in [0.5, 0.6) is 0 Å². The Hall–Kier alpha value is -2.74. The van der Waals surface area contributed by atoms with Crippen molar-refractivity contribution in [3.05, 3.63) is 46.1 Å². The molecule has 0 spiro atoms. The number of aromatic nitrogens is 2. The normalized spacial score (nSPS) is 15.0. The Morgan fingerprint density at radius 2 is 2.08 bits per heavy atom. The van der Waals surface area contributed by atoms with E-state index in [9.17, 15) is 20.0 Å². The maximum Gasteiger partial charge on any atom is 0.269 e. The van der Waals surface area contributed by atoms with E-state index >= 15 is 0 Å². The van der Waals surface area contributed by atoms with Gasteiger partial charge in [-0.15, -0.1) is 0 Å². The number of aryl methyl sites for hydroxylation is 1. The first-order chi connectivity index (χ1) is 11.9. The van der Waals surface area contributed by atoms with Gasteiger partial charge in [0.05, 0.1) is 16.6 Å². The van der Waals surface area contributed by atoms with Gasteiger partial charge < -0.3 is 10.0 Å². The van der Waals surface area contributed by atoms with Crippen molar-refractivity contribution in [3.63, 3.8) is 0 Å². The van der Waals surface area contributed by atoms with Gasteiger partial charge in [-0.05, 0) is 30.9 Å². The maximum absolute atomic E-state index is 12.8. The lowest BCUT2D eigenvalue weighted by Crippen LogP contribution is -2.35. The van der Waals surface area contributed by atoms with Crippen LogP contribution in [-0.2, 0) is 7.05 Å². The molecule has 1 aliphatic rings. The number of nitrogens with zero attached hydrogens (tertiary/aromatic N) is 4. The lowest BCUT2D eigenvalue weighted by molar-refractivity contribution is -0.384. The quantitative estimate of drug-likeness (QED) is 0.636. The summed E-state index contributed by atoms with van der Waals surface area (Å²) in [5, 5.41) is 25.2. The van der Waals surface area contributed by atoms with Gasteiger partial charge in [0.2, 0.25) is 0 Å². The predicted molar refractivity (Wildman–Crippen MR) is 91.0 cm³/mol. The number of nitro groups is 1. The highest BCUT2D eigenvalue weighted by molar-refractivity contribution is 5.99. The molecule has 1 N–H and O–H groups in total. The zero-order valence-corrected chi connectivity index (χ0v) is 14.1. The molecule has 0 bridgehead atoms. The number of non-ortho nitro benzene ring substituents is 1. The van der Waals surface area contributed by atoms with Gasteiger partial charge in [-0.25, -0.2) is 0 Å². The minimum absolute atomic E-state index is 0.0165. The second-order valence-electron chi connectivity index (χ2n) is 6.46. The number of hydrogen-bond acceptors (Lipinski definition) is 5. The van der Waals surface area contributed by atoms with Gasteiger partial charge in [-0.2, -0.15) is 5.10 Å². The van der Waals surface area contributed by atoms with Gasteiger partial charge >= 0.3 is 0 Å². The fourth-order valence-corrected chi connectivity index (χ4v) is 2.80. The monoisotopic (exact) mass is 344 g/mol. The Balaban J connectivity index is 1.84. The van der Waals surface area contributed by atoms with Crippen LogP contribution < -0.4 is 0 Å². The Morgan fingerprint density at radius 1 is 1.44 bits per heavy atom. The third-order valence-corrected chi connectivity index (χ3v) is 4.38. The van der Waals surface area contributed by atoms with Crippen LogP contribution in [0.25, 0.3) is 11.3 Å². The molecule has 0 aliphatic heterocycles. The lowest BCUT2D eigenvalue weighted by atomic mass is 10.1. The Bertz CT molecular complexity index is 795. The van der Waals surface area contributed by atoms with Crippen LogP contribution in [0, 0.1) is 16.0 Å². The van der Waals surface area contributed by atoms with Gasteiger partial charge in [-0.3, -0.25) is 19.6 Å². The molecule has 1 saturated carbocycles. The van der Waals surface area contributed by atoms with E-state index in [-0.39, 0.29) is 18.1 Å². The maximum atomic E-state index is 12.8. The first kappa shape index (κ1) is 17.1. The number of aliphatic hydroxyl groups is 1. The Morgan fingerprint density at radius 3 is 2.64 bits per heavy atom. The molecule has 1 fully saturated rings. The van der Waals surface area contributed by atoms with Crippen molar-refractivity contribution in [1.82, 2.24) is 14.7 Å². The lowest BCUT2D eigenvalue weighted by Gasteiger charge is -2.20. The predicted octanol–water partition coefficient (Wildman–Crippen LogP) is 1.84. The zero-order valence-electron chi connectivity index (χ0n) is 14.1. The van der Waals surface area contributed by atoms with Gasteiger partial charge in [0, 0.05) is 44.5 Å². The van der Waals surface area contributed by atoms with E-state index in [0.717, 1.165) is 12.8 Å². The van der Waals surface area contributed by atoms with E-state index in [1.165, 1.54) is 21.7 Å². The molecular formula is C17H20N4O4. The topological polar surface area (TPSA) is 102 Å². The van der Waals surface area contributed by atoms with Crippen molar-refractivity contribution in [2.75, 3.05) is 13.6 Å². The third-order valence-electron chi connectivity index (χ3n) is 4.38. The number of hydrogen-bond donors (Lipinski definition) is 1. The van der Waals surface area contributed by atoms with Crippen molar-refractivity contribution in [2.45, 2.75) is 18.9 Å². The first-order valence-electron chi connectivity index (χ1n) is 8.09. The number of carbonyl (C=O) groups excluding carboxylic acids is 1. The van der Waals surface area contributed by atoms with Crippen molar-refractivity contribution < 1.29 is 14.8 Å². The van der Waals surface area contributed by atoms with E-state index in [1.54, 1.807) is 32.4 Å². The van der Waals surface area contributed by atoms with Crippen LogP contribution in [0.3, 0.4) is 0 Å². The molecule has 8 nitrogen and oxygen atoms in total. The van der Waals surface area contributed by atoms with Crippen molar-refractivity contribution in [1.29, 1.82) is 0 Å². The molecule has 2 aromatic rings. The van der Waals surface area contributed by atoms with E-state index in [2.05, 4.69) is 5.10 Å². The average Bonchev–Trinajstić information content (AvgIpc) is 3.36. The summed E-state index contributed by atoms with van der Waals surface area (Å²) < 4.78 is 1.54. The summed E-state index contributed by atoms with van der Waals surface area (Å²) in [6, 6.07) is 5.93. The molecule has 1 aliphatic carbocycles. The molecule has 1 unspecified atom stereocenters. The van der Waals surface area contributed by atoms with Gasteiger partial charge in [0.15, 0.2) is 0 Å². The van der Waals surface area contributed by atoms with E-state index in [0.29, 0.717) is 22.7 Å². The number of amides is 1. The number of carbonyl (C=O) groups is 1. The molecule has 0 radical (unpaired) electrons. The number of aliphatic hydroxyl groups excluding tert-OH is 1. The minimum atomic E-state index is -0.506. The molecule has 0 saturated heterocycles. The molecule has 132 valence electrons. The van der Waals surface area contributed by atoms with Crippen molar-refractivity contribution in [2.24, 2.45) is 13.0 Å². The van der Waals surface area contributed by atoms with E-state index in [4.69, 9.17) is 0 Å². The van der Waals surface area contributed by atoms with Crippen LogP contribution in [0.2, 0.25) is 0 Å². The summed E-state index contributed by atoms with van der Waals surface area (Å²) >= 11 is 0. The SMILES string of the molecule is CN(CC(O)C1CC1)C(=O)c1cn(C)nc1-c1ccc([N+](=O)[O-])cc1. The summed E-state index contributed by atoms with van der Waals surface area (Å²) in [5.41, 5.74) is 1.49. The average molecular weight is 344 g/mol. The molecule has 1 atom stereocenters. The van der Waals surface area contributed by atoms with Crippen LogP contribution in [0.1, 0.15) is 23.2 Å². The molecule has 8 heteroatoms. The summed E-state index contributed by atoms with van der Waals surface area (Å²) in [5.74, 6) is 0.0550. The second-order valence-corrected chi connectivity index (χ2v) is 6.46. The number of rotatable bonds is 6. The van der Waals surface area contributed by atoms with Crippen molar-refractivity contribution in [3.8, 4) is 11.3 Å². The summed E-state index contributed by atoms with van der Waals surface area (Å²) in [6.07, 6.45) is 3.13. The van der Waals surface area contributed by atoms with Gasteiger partial charge in [-0.1, -0.05) is 0 Å². The highest BCUT2D eigenvalue weighted by atomic mass is 16.6. The molecule has 1 amide bonds. The first-order valence-corrected chi connectivity index (χ1v) is 8.09. The van der Waals surface area contributed by atoms with Gasteiger partial charge in [0.25, 0.3) is 11.6 Å². The summed E-state index contributed by atoms with van der Waals surface area (Å²) in [6.45, 7) is 0.276. The highest BCUT2D eigenvalue weighted by Crippen LogP contribution is 2.33. The van der Waals surface area contributed by atoms with E-state index in [1.807, 2.05) is 0 Å². The molecule has 1 aromatic carbocycles. The third kappa shape index (κ3) is 3.69. The largest absolute Gasteiger partial charge is 0.391 e. The fraction of sp³-hybridized carbons (Fsp3) is 0.412. The van der Waals surface area contributed by atoms with Crippen LogP contribution >= 0.6 is 0 Å². The van der Waals surface area contributed by atoms with Crippen LogP contribution in [-0.4, -0.2) is 50.3 Å². The Kier molecular flexibility index (Phi) is 4.54. The molecule has 1 aromatic heterocycles. The molecule has 25 heavy (non-hydrogen) atoms. The number of likely N-dealkylation sites (N-methyl/N-ethyl adjacent to an activating group) is 1. The van der Waals surface area contributed by atoms with E-state index < -0.39 is 11.0 Å². The standard InChI is InChI=1S/C17H20N4O4/c1-19(10-15(22)11-3-4-11)17(23)14-9-20(2)18-16(14)12-5-7-13(8-6-12)21(24)25/h5-9,11,15,22H,3-4,10H2,1-2H3. The summed E-state index contributed by atoms with van der Waals surface area (Å²) in [4.78, 5) is 24.6. The fourth-order valence-electron chi connectivity index (χ4n) is 2.80. The van der Waals surface area contributed by atoms with Crippen LogP contribution in [0.4, 0.5) is 5.69 Å². The molecular weight excluding hydrogens is 324 g/mol.